The maximum atomic E-state index is 12.8. The highest BCUT2D eigenvalue weighted by Crippen LogP contribution is 2.37. The molecule has 2 aromatic rings. The van der Waals surface area contributed by atoms with Gasteiger partial charge in [0.15, 0.2) is 5.82 Å². The van der Waals surface area contributed by atoms with Crippen LogP contribution >= 0.6 is 0 Å². The fraction of sp³-hybridized carbons (Fsp3) is 0.538. The lowest BCUT2D eigenvalue weighted by Gasteiger charge is -2.30. The summed E-state index contributed by atoms with van der Waals surface area (Å²) in [6, 6.07) is 5.84. The van der Waals surface area contributed by atoms with Crippen LogP contribution in [0.25, 0.3) is 0 Å². The fourth-order valence-electron chi connectivity index (χ4n) is 5.37. The summed E-state index contributed by atoms with van der Waals surface area (Å²) in [4.78, 5) is 38.7. The SMILES string of the molecule is COc1cc(C(=O)N[C@@H]2CCCNC2)ccc1Nc1ncc2c(n1)N(C1CCCC1)CCC(=O)N2C. The van der Waals surface area contributed by atoms with Crippen LogP contribution in [0, 0.1) is 0 Å². The standard InChI is InChI=1S/C26H35N7O3/c1-32-21-16-28-26(31-24(21)33(13-11-23(32)34)19-7-3-4-8-19)30-20-10-9-17(14-22(20)36-2)25(35)29-18-6-5-12-27-15-18/h9-10,14,16,18-19,27H,3-8,11-13,15H2,1-2H3,(H,29,35)(H,28,30,31)/t18-/m1/s1. The third kappa shape index (κ3) is 5.09. The molecule has 1 aromatic carbocycles. The number of piperidine rings is 1. The van der Waals surface area contributed by atoms with Crippen molar-refractivity contribution >= 4 is 35.0 Å². The molecule has 192 valence electrons. The van der Waals surface area contributed by atoms with Crippen molar-refractivity contribution < 1.29 is 14.3 Å². The van der Waals surface area contributed by atoms with Crippen molar-refractivity contribution in [3.8, 4) is 5.75 Å². The third-order valence-electron chi connectivity index (χ3n) is 7.43. The highest BCUT2D eigenvalue weighted by molar-refractivity contribution is 5.97. The van der Waals surface area contributed by atoms with E-state index >= 15 is 0 Å². The number of carbonyl (C=O) groups is 2. The van der Waals surface area contributed by atoms with E-state index in [1.165, 1.54) is 12.8 Å². The van der Waals surface area contributed by atoms with Gasteiger partial charge in [-0.2, -0.15) is 4.98 Å². The largest absolute Gasteiger partial charge is 0.495 e. The van der Waals surface area contributed by atoms with Crippen molar-refractivity contribution in [3.05, 3.63) is 30.0 Å². The monoisotopic (exact) mass is 493 g/mol. The molecule has 0 bridgehead atoms. The highest BCUT2D eigenvalue weighted by atomic mass is 16.5. The van der Waals surface area contributed by atoms with Gasteiger partial charge in [0.25, 0.3) is 5.91 Å². The first-order chi connectivity index (χ1) is 17.5. The summed E-state index contributed by atoms with van der Waals surface area (Å²) >= 11 is 0. The van der Waals surface area contributed by atoms with E-state index in [1.807, 2.05) is 6.07 Å². The number of aromatic nitrogens is 2. The van der Waals surface area contributed by atoms with Crippen LogP contribution in [0.2, 0.25) is 0 Å². The number of hydrogen-bond acceptors (Lipinski definition) is 8. The van der Waals surface area contributed by atoms with Crippen molar-refractivity contribution in [2.45, 2.75) is 57.0 Å². The molecule has 2 aliphatic heterocycles. The molecule has 1 aliphatic carbocycles. The molecule has 2 fully saturated rings. The molecule has 1 atom stereocenters. The van der Waals surface area contributed by atoms with Crippen LogP contribution in [-0.2, 0) is 4.79 Å². The molecule has 1 saturated heterocycles. The average molecular weight is 494 g/mol. The zero-order valence-electron chi connectivity index (χ0n) is 21.0. The molecule has 0 radical (unpaired) electrons. The van der Waals surface area contributed by atoms with Crippen molar-refractivity contribution in [1.29, 1.82) is 0 Å². The first-order valence-corrected chi connectivity index (χ1v) is 12.9. The Morgan fingerprint density at radius 3 is 2.78 bits per heavy atom. The summed E-state index contributed by atoms with van der Waals surface area (Å²) in [5, 5.41) is 9.67. The number of rotatable bonds is 6. The molecule has 0 unspecified atom stereocenters. The quantitative estimate of drug-likeness (QED) is 0.563. The number of amides is 2. The zero-order chi connectivity index (χ0) is 25.1. The number of nitrogens with zero attached hydrogens (tertiary/aromatic N) is 4. The van der Waals surface area contributed by atoms with Crippen LogP contribution in [0.3, 0.4) is 0 Å². The second-order valence-corrected chi connectivity index (χ2v) is 9.79. The smallest absolute Gasteiger partial charge is 0.251 e. The Bertz CT molecular complexity index is 1110. The molecule has 1 aromatic heterocycles. The number of anilines is 4. The van der Waals surface area contributed by atoms with E-state index in [4.69, 9.17) is 9.72 Å². The number of methoxy groups -OCH3 is 1. The van der Waals surface area contributed by atoms with E-state index in [9.17, 15) is 9.59 Å². The molecule has 3 heterocycles. The van der Waals surface area contributed by atoms with E-state index < -0.39 is 0 Å². The summed E-state index contributed by atoms with van der Waals surface area (Å²) in [6.45, 7) is 2.44. The summed E-state index contributed by atoms with van der Waals surface area (Å²) in [6.07, 6.45) is 8.82. The van der Waals surface area contributed by atoms with Crippen molar-refractivity contribution in [2.24, 2.45) is 0 Å². The van der Waals surface area contributed by atoms with Crippen molar-refractivity contribution in [1.82, 2.24) is 20.6 Å². The molecule has 0 spiro atoms. The number of benzene rings is 1. The lowest BCUT2D eigenvalue weighted by molar-refractivity contribution is -0.118. The number of nitrogens with one attached hydrogen (secondary N) is 3. The minimum Gasteiger partial charge on any atom is -0.495 e. The van der Waals surface area contributed by atoms with E-state index in [-0.39, 0.29) is 17.9 Å². The number of carbonyl (C=O) groups excluding carboxylic acids is 2. The van der Waals surface area contributed by atoms with Gasteiger partial charge in [-0.05, 0) is 50.4 Å². The van der Waals surface area contributed by atoms with Gasteiger partial charge in [0.05, 0.1) is 19.0 Å². The Balaban J connectivity index is 1.38. The first kappa shape index (κ1) is 24.3. The summed E-state index contributed by atoms with van der Waals surface area (Å²) < 4.78 is 5.59. The van der Waals surface area contributed by atoms with Crippen molar-refractivity contribution in [2.75, 3.05) is 48.9 Å². The van der Waals surface area contributed by atoms with Crippen LogP contribution in [0.5, 0.6) is 5.75 Å². The number of hydrogen-bond donors (Lipinski definition) is 3. The summed E-state index contributed by atoms with van der Waals surface area (Å²) in [5.74, 6) is 1.69. The Morgan fingerprint density at radius 1 is 1.19 bits per heavy atom. The van der Waals surface area contributed by atoms with Gasteiger partial charge in [-0.15, -0.1) is 0 Å². The van der Waals surface area contributed by atoms with Gasteiger partial charge in [0, 0.05) is 44.2 Å². The molecule has 1 saturated carbocycles. The maximum Gasteiger partial charge on any atom is 0.251 e. The Morgan fingerprint density at radius 2 is 2.03 bits per heavy atom. The van der Waals surface area contributed by atoms with E-state index in [0.717, 1.165) is 50.3 Å². The molecule has 3 aliphatic rings. The normalized spacial score (nSPS) is 20.6. The van der Waals surface area contributed by atoms with E-state index in [0.29, 0.717) is 42.0 Å². The lowest BCUT2D eigenvalue weighted by atomic mass is 10.1. The second kappa shape index (κ2) is 10.7. The average Bonchev–Trinajstić information content (AvgIpc) is 3.40. The molecule has 3 N–H and O–H groups in total. The van der Waals surface area contributed by atoms with Gasteiger partial charge in [-0.3, -0.25) is 9.59 Å². The van der Waals surface area contributed by atoms with Crippen molar-refractivity contribution in [3.63, 3.8) is 0 Å². The summed E-state index contributed by atoms with van der Waals surface area (Å²) in [7, 11) is 3.36. The molecule has 36 heavy (non-hydrogen) atoms. The lowest BCUT2D eigenvalue weighted by Crippen LogP contribution is -2.45. The van der Waals surface area contributed by atoms with Gasteiger partial charge in [0.2, 0.25) is 11.9 Å². The van der Waals surface area contributed by atoms with E-state index in [2.05, 4.69) is 25.8 Å². The first-order valence-electron chi connectivity index (χ1n) is 12.9. The minimum atomic E-state index is -0.116. The topological polar surface area (TPSA) is 112 Å². The van der Waals surface area contributed by atoms with Crippen LogP contribution in [0.1, 0.15) is 55.3 Å². The molecular weight excluding hydrogens is 458 g/mol. The molecular formula is C26H35N7O3. The Labute approximate surface area is 211 Å². The maximum absolute atomic E-state index is 12.8. The molecule has 5 rings (SSSR count). The number of ether oxygens (including phenoxy) is 1. The van der Waals surface area contributed by atoms with Gasteiger partial charge >= 0.3 is 0 Å². The highest BCUT2D eigenvalue weighted by Gasteiger charge is 2.31. The van der Waals surface area contributed by atoms with Crippen LogP contribution in [-0.4, -0.2) is 67.7 Å². The predicted octanol–water partition coefficient (Wildman–Crippen LogP) is 2.83. The Hall–Kier alpha value is -3.40. The minimum absolute atomic E-state index is 0.0700. The van der Waals surface area contributed by atoms with Crippen LogP contribution < -0.4 is 30.5 Å². The Kier molecular flexibility index (Phi) is 7.22. The third-order valence-corrected chi connectivity index (χ3v) is 7.43. The van der Waals surface area contributed by atoms with Gasteiger partial charge in [-0.1, -0.05) is 12.8 Å². The molecule has 2 amide bonds. The second-order valence-electron chi connectivity index (χ2n) is 9.79. The molecule has 10 nitrogen and oxygen atoms in total. The van der Waals surface area contributed by atoms with Gasteiger partial charge < -0.3 is 30.5 Å². The zero-order valence-corrected chi connectivity index (χ0v) is 21.0. The van der Waals surface area contributed by atoms with Crippen LogP contribution in [0.4, 0.5) is 23.1 Å². The number of fused-ring (bicyclic) bond motifs is 1. The van der Waals surface area contributed by atoms with E-state index in [1.54, 1.807) is 37.4 Å². The van der Waals surface area contributed by atoms with Crippen LogP contribution in [0.15, 0.2) is 24.4 Å². The van der Waals surface area contributed by atoms with Gasteiger partial charge in [-0.25, -0.2) is 4.98 Å². The molecule has 10 heteroatoms. The van der Waals surface area contributed by atoms with Gasteiger partial charge in [0.1, 0.15) is 11.4 Å². The fourth-order valence-corrected chi connectivity index (χ4v) is 5.37. The summed E-state index contributed by atoms with van der Waals surface area (Å²) in [5.41, 5.74) is 1.93. The predicted molar refractivity (Wildman–Crippen MR) is 139 cm³/mol.